The molecule has 1 atom stereocenters. The SMILES string of the molecule is CC(CC#N)NC(=O)c1ccsc1. The third kappa shape index (κ3) is 2.88. The van der Waals surface area contributed by atoms with Gasteiger partial charge in [-0.25, -0.2) is 0 Å². The van der Waals surface area contributed by atoms with Crippen molar-refractivity contribution in [3.05, 3.63) is 22.4 Å². The number of thiophene rings is 1. The Balaban J connectivity index is 2.48. The highest BCUT2D eigenvalue weighted by molar-refractivity contribution is 7.08. The first-order valence-electron chi connectivity index (χ1n) is 3.94. The summed E-state index contributed by atoms with van der Waals surface area (Å²) in [6, 6.07) is 3.68. The van der Waals surface area contributed by atoms with E-state index < -0.39 is 0 Å². The van der Waals surface area contributed by atoms with E-state index in [4.69, 9.17) is 5.26 Å². The lowest BCUT2D eigenvalue weighted by atomic mass is 10.2. The summed E-state index contributed by atoms with van der Waals surface area (Å²) < 4.78 is 0. The molecule has 0 aromatic carbocycles. The first kappa shape index (κ1) is 9.75. The van der Waals surface area contributed by atoms with Crippen molar-refractivity contribution in [2.75, 3.05) is 0 Å². The van der Waals surface area contributed by atoms with Gasteiger partial charge in [0.05, 0.1) is 12.5 Å². The van der Waals surface area contributed by atoms with Crippen LogP contribution in [0.1, 0.15) is 23.7 Å². The predicted molar refractivity (Wildman–Crippen MR) is 51.5 cm³/mol. The Morgan fingerprint density at radius 3 is 3.15 bits per heavy atom. The maximum absolute atomic E-state index is 11.4. The summed E-state index contributed by atoms with van der Waals surface area (Å²) in [7, 11) is 0. The zero-order valence-corrected chi connectivity index (χ0v) is 8.10. The predicted octanol–water partition coefficient (Wildman–Crippen LogP) is 1.78. The minimum atomic E-state index is -0.107. The monoisotopic (exact) mass is 194 g/mol. The molecule has 0 saturated heterocycles. The molecule has 0 saturated carbocycles. The van der Waals surface area contributed by atoms with Gasteiger partial charge in [0.15, 0.2) is 0 Å². The number of rotatable bonds is 3. The quantitative estimate of drug-likeness (QED) is 0.797. The summed E-state index contributed by atoms with van der Waals surface area (Å²) in [5.41, 5.74) is 0.662. The molecule has 0 bridgehead atoms. The lowest BCUT2D eigenvalue weighted by Crippen LogP contribution is -2.31. The van der Waals surface area contributed by atoms with Crippen LogP contribution in [0.3, 0.4) is 0 Å². The Morgan fingerprint density at radius 2 is 2.62 bits per heavy atom. The van der Waals surface area contributed by atoms with Gasteiger partial charge in [-0.3, -0.25) is 4.79 Å². The average Bonchev–Trinajstić information content (AvgIpc) is 2.55. The molecule has 4 heteroatoms. The summed E-state index contributed by atoms with van der Waals surface area (Å²) in [6.45, 7) is 1.81. The van der Waals surface area contributed by atoms with Crippen molar-refractivity contribution in [3.63, 3.8) is 0 Å². The maximum Gasteiger partial charge on any atom is 0.252 e. The molecule has 13 heavy (non-hydrogen) atoms. The first-order chi connectivity index (χ1) is 6.24. The van der Waals surface area contributed by atoms with Gasteiger partial charge in [0.2, 0.25) is 0 Å². The molecule has 1 unspecified atom stereocenters. The van der Waals surface area contributed by atoms with Gasteiger partial charge >= 0.3 is 0 Å². The topological polar surface area (TPSA) is 52.9 Å². The zero-order chi connectivity index (χ0) is 9.68. The van der Waals surface area contributed by atoms with Gasteiger partial charge < -0.3 is 5.32 Å². The van der Waals surface area contributed by atoms with Crippen LogP contribution in [0.25, 0.3) is 0 Å². The molecule has 1 rings (SSSR count). The number of carbonyl (C=O) groups excluding carboxylic acids is 1. The van der Waals surface area contributed by atoms with E-state index in [0.717, 1.165) is 0 Å². The molecule has 68 valence electrons. The second-order valence-electron chi connectivity index (χ2n) is 2.75. The van der Waals surface area contributed by atoms with Crippen molar-refractivity contribution >= 4 is 17.2 Å². The smallest absolute Gasteiger partial charge is 0.252 e. The van der Waals surface area contributed by atoms with Gasteiger partial charge in [-0.05, 0) is 18.4 Å². The second-order valence-corrected chi connectivity index (χ2v) is 3.53. The van der Waals surface area contributed by atoms with Crippen LogP contribution in [0, 0.1) is 11.3 Å². The second kappa shape index (κ2) is 4.63. The van der Waals surface area contributed by atoms with Crippen LogP contribution in [-0.4, -0.2) is 11.9 Å². The molecule has 1 aromatic rings. The highest BCUT2D eigenvalue weighted by Crippen LogP contribution is 2.05. The summed E-state index contributed by atoms with van der Waals surface area (Å²) in [4.78, 5) is 11.4. The fraction of sp³-hybridized carbons (Fsp3) is 0.333. The average molecular weight is 194 g/mol. The number of nitriles is 1. The summed E-state index contributed by atoms with van der Waals surface area (Å²) >= 11 is 1.48. The van der Waals surface area contributed by atoms with Crippen LogP contribution in [-0.2, 0) is 0 Å². The van der Waals surface area contributed by atoms with Crippen molar-refractivity contribution in [1.82, 2.24) is 5.32 Å². The maximum atomic E-state index is 11.4. The van der Waals surface area contributed by atoms with Crippen LogP contribution in [0.5, 0.6) is 0 Å². The molecule has 3 nitrogen and oxygen atoms in total. The van der Waals surface area contributed by atoms with Crippen molar-refractivity contribution in [2.24, 2.45) is 0 Å². The number of nitrogens with zero attached hydrogens (tertiary/aromatic N) is 1. The number of amides is 1. The summed E-state index contributed by atoms with van der Waals surface area (Å²) in [6.07, 6.45) is 0.343. The number of hydrogen-bond donors (Lipinski definition) is 1. The van der Waals surface area contributed by atoms with Crippen molar-refractivity contribution in [3.8, 4) is 6.07 Å². The molecule has 1 heterocycles. The minimum Gasteiger partial charge on any atom is -0.349 e. The molecule has 0 spiro atoms. The van der Waals surface area contributed by atoms with Crippen LogP contribution in [0.4, 0.5) is 0 Å². The Bertz CT molecular complexity index is 313. The molecular formula is C9H10N2OS. The van der Waals surface area contributed by atoms with Gasteiger partial charge in [-0.2, -0.15) is 16.6 Å². The molecular weight excluding hydrogens is 184 g/mol. The van der Waals surface area contributed by atoms with Gasteiger partial charge in [0.25, 0.3) is 5.91 Å². The Kier molecular flexibility index (Phi) is 3.47. The molecule has 0 fully saturated rings. The molecule has 0 aliphatic carbocycles. The fourth-order valence-corrected chi connectivity index (χ4v) is 1.52. The largest absolute Gasteiger partial charge is 0.349 e. The van der Waals surface area contributed by atoms with E-state index in [9.17, 15) is 4.79 Å². The highest BCUT2D eigenvalue weighted by atomic mass is 32.1. The van der Waals surface area contributed by atoms with Crippen molar-refractivity contribution in [1.29, 1.82) is 5.26 Å². The van der Waals surface area contributed by atoms with Gasteiger partial charge in [-0.15, -0.1) is 0 Å². The van der Waals surface area contributed by atoms with E-state index >= 15 is 0 Å². The Hall–Kier alpha value is -1.34. The highest BCUT2D eigenvalue weighted by Gasteiger charge is 2.08. The number of hydrogen-bond acceptors (Lipinski definition) is 3. The van der Waals surface area contributed by atoms with E-state index in [0.29, 0.717) is 12.0 Å². The van der Waals surface area contributed by atoms with Gasteiger partial charge in [0.1, 0.15) is 0 Å². The molecule has 1 N–H and O–H groups in total. The molecule has 0 radical (unpaired) electrons. The third-order valence-corrected chi connectivity index (χ3v) is 2.24. The van der Waals surface area contributed by atoms with E-state index in [1.807, 2.05) is 18.4 Å². The van der Waals surface area contributed by atoms with Gasteiger partial charge in [-0.1, -0.05) is 0 Å². The van der Waals surface area contributed by atoms with Crippen molar-refractivity contribution in [2.45, 2.75) is 19.4 Å². The van der Waals surface area contributed by atoms with E-state index in [2.05, 4.69) is 5.32 Å². The zero-order valence-electron chi connectivity index (χ0n) is 7.28. The molecule has 1 amide bonds. The number of carbonyl (C=O) groups is 1. The number of nitrogens with one attached hydrogen (secondary N) is 1. The van der Waals surface area contributed by atoms with E-state index in [-0.39, 0.29) is 11.9 Å². The lowest BCUT2D eigenvalue weighted by Gasteiger charge is -2.08. The van der Waals surface area contributed by atoms with Crippen LogP contribution < -0.4 is 5.32 Å². The van der Waals surface area contributed by atoms with Crippen LogP contribution >= 0.6 is 11.3 Å². The van der Waals surface area contributed by atoms with Gasteiger partial charge in [0, 0.05) is 17.0 Å². The fourth-order valence-electron chi connectivity index (χ4n) is 0.889. The molecule has 1 aromatic heterocycles. The minimum absolute atomic E-state index is 0.0857. The van der Waals surface area contributed by atoms with Crippen molar-refractivity contribution < 1.29 is 4.79 Å². The van der Waals surface area contributed by atoms with E-state index in [1.165, 1.54) is 11.3 Å². The lowest BCUT2D eigenvalue weighted by molar-refractivity contribution is 0.0941. The molecule has 0 aliphatic heterocycles. The first-order valence-corrected chi connectivity index (χ1v) is 4.88. The van der Waals surface area contributed by atoms with Crippen LogP contribution in [0.2, 0.25) is 0 Å². The Morgan fingerprint density at radius 1 is 1.85 bits per heavy atom. The third-order valence-electron chi connectivity index (χ3n) is 1.56. The summed E-state index contributed by atoms with van der Waals surface area (Å²) in [5.74, 6) is -0.107. The normalized spacial score (nSPS) is 11.7. The van der Waals surface area contributed by atoms with E-state index in [1.54, 1.807) is 11.4 Å². The molecule has 0 aliphatic rings. The summed E-state index contributed by atoms with van der Waals surface area (Å²) in [5, 5.41) is 14.7. The van der Waals surface area contributed by atoms with Crippen LogP contribution in [0.15, 0.2) is 16.8 Å². The Labute approximate surface area is 81.0 Å². The standard InChI is InChI=1S/C9H10N2OS/c1-7(2-4-10)11-9(12)8-3-5-13-6-8/h3,5-7H,2H2,1H3,(H,11,12).